The van der Waals surface area contributed by atoms with Crippen LogP contribution in [0.4, 0.5) is 0 Å². The molecule has 1 aliphatic carbocycles. The van der Waals surface area contributed by atoms with Gasteiger partial charge in [-0.25, -0.2) is 0 Å². The summed E-state index contributed by atoms with van der Waals surface area (Å²) in [5.41, 5.74) is 0. The number of hydrogen-bond donors (Lipinski definition) is 0. The van der Waals surface area contributed by atoms with Crippen molar-refractivity contribution < 1.29 is 0 Å². The van der Waals surface area contributed by atoms with Gasteiger partial charge in [0.2, 0.25) is 0 Å². The van der Waals surface area contributed by atoms with E-state index in [0.29, 0.717) is 0 Å². The molecule has 0 aromatic rings. The molecule has 0 nitrogen and oxygen atoms in total. The number of rotatable bonds is 0. The zero-order valence-corrected chi connectivity index (χ0v) is 10.2. The van der Waals surface area contributed by atoms with Crippen LogP contribution in [0.5, 0.6) is 0 Å². The first-order chi connectivity index (χ1) is 6.02. The lowest BCUT2D eigenvalue weighted by molar-refractivity contribution is 0.469. The first-order valence-electron chi connectivity index (χ1n) is 4.39. The summed E-state index contributed by atoms with van der Waals surface area (Å²) in [6.07, 6.45) is 8.20. The third-order valence-electron chi connectivity index (χ3n) is 2.26. The maximum Gasteiger partial charge on any atom is 0.195 e. The summed E-state index contributed by atoms with van der Waals surface area (Å²) in [6.45, 7) is 0. The second-order valence-corrected chi connectivity index (χ2v) is 6.18. The monoisotopic (exact) mass is 260 g/mol. The van der Waals surface area contributed by atoms with Gasteiger partial charge in [-0.2, -0.15) is 0 Å². The van der Waals surface area contributed by atoms with E-state index in [9.17, 15) is 0 Å². The van der Waals surface area contributed by atoms with E-state index in [4.69, 9.17) is 46.4 Å². The van der Waals surface area contributed by atoms with Crippen LogP contribution < -0.4 is 0 Å². The Morgan fingerprint density at radius 1 is 1.15 bits per heavy atom. The second-order valence-electron chi connectivity index (χ2n) is 3.31. The van der Waals surface area contributed by atoms with Gasteiger partial charge in [-0.3, -0.25) is 0 Å². The molecule has 4 heteroatoms. The van der Waals surface area contributed by atoms with Crippen molar-refractivity contribution >= 4 is 46.4 Å². The lowest BCUT2D eigenvalue weighted by Crippen LogP contribution is -2.27. The number of hydrogen-bond acceptors (Lipinski definition) is 0. The molecule has 0 saturated heterocycles. The second kappa shape index (κ2) is 5.11. The molecule has 2 unspecified atom stereocenters. The molecule has 0 saturated carbocycles. The Kier molecular flexibility index (Phi) is 4.71. The van der Waals surface area contributed by atoms with Crippen LogP contribution in [0.15, 0.2) is 12.2 Å². The first kappa shape index (κ1) is 12.0. The van der Waals surface area contributed by atoms with Gasteiger partial charge in [-0.1, -0.05) is 53.4 Å². The number of alkyl halides is 4. The van der Waals surface area contributed by atoms with Crippen molar-refractivity contribution in [1.29, 1.82) is 0 Å². The molecule has 0 bridgehead atoms. The molecule has 1 rings (SSSR count). The Labute approximate surface area is 99.2 Å². The predicted octanol–water partition coefficient (Wildman–Crippen LogP) is 4.71. The lowest BCUT2D eigenvalue weighted by atomic mass is 9.96. The molecular weight excluding hydrogens is 250 g/mol. The smallest absolute Gasteiger partial charge is 0.118 e. The van der Waals surface area contributed by atoms with E-state index in [1.54, 1.807) is 0 Å². The SMILES string of the molecule is ClC1/C=C\CCCCC1C(Cl)(Cl)Cl. The van der Waals surface area contributed by atoms with E-state index < -0.39 is 3.79 Å². The van der Waals surface area contributed by atoms with Crippen LogP contribution in [0.2, 0.25) is 0 Å². The van der Waals surface area contributed by atoms with Crippen LogP contribution in [-0.2, 0) is 0 Å². The lowest BCUT2D eigenvalue weighted by Gasteiger charge is -2.28. The summed E-state index contributed by atoms with van der Waals surface area (Å²) in [4.78, 5) is 0. The molecule has 0 aromatic heterocycles. The Morgan fingerprint density at radius 2 is 1.85 bits per heavy atom. The van der Waals surface area contributed by atoms with E-state index in [-0.39, 0.29) is 11.3 Å². The summed E-state index contributed by atoms with van der Waals surface area (Å²) in [5.74, 6) is -0.0734. The Bertz CT molecular complexity index is 183. The van der Waals surface area contributed by atoms with E-state index in [1.807, 2.05) is 6.08 Å². The summed E-state index contributed by atoms with van der Waals surface area (Å²) >= 11 is 23.6. The van der Waals surface area contributed by atoms with Gasteiger partial charge in [-0.05, 0) is 19.3 Å². The molecule has 0 aromatic carbocycles. The van der Waals surface area contributed by atoms with E-state index >= 15 is 0 Å². The van der Waals surface area contributed by atoms with Crippen molar-refractivity contribution in [3.8, 4) is 0 Å². The summed E-state index contributed by atoms with van der Waals surface area (Å²) in [6, 6.07) is 0. The maximum atomic E-state index is 6.10. The van der Waals surface area contributed by atoms with Crippen LogP contribution in [0.25, 0.3) is 0 Å². The number of halogens is 4. The highest BCUT2D eigenvalue weighted by molar-refractivity contribution is 6.68. The number of allylic oxidation sites excluding steroid dienone is 2. The molecule has 0 fully saturated rings. The van der Waals surface area contributed by atoms with Gasteiger partial charge in [0.25, 0.3) is 0 Å². The van der Waals surface area contributed by atoms with Crippen molar-refractivity contribution in [2.24, 2.45) is 5.92 Å². The van der Waals surface area contributed by atoms with Gasteiger partial charge in [0.15, 0.2) is 3.79 Å². The highest BCUT2D eigenvalue weighted by atomic mass is 35.6. The molecule has 0 amide bonds. The van der Waals surface area contributed by atoms with Crippen molar-refractivity contribution in [3.05, 3.63) is 12.2 Å². The van der Waals surface area contributed by atoms with Crippen molar-refractivity contribution in [3.63, 3.8) is 0 Å². The molecule has 0 aliphatic heterocycles. The van der Waals surface area contributed by atoms with Gasteiger partial charge in [-0.15, -0.1) is 11.6 Å². The fourth-order valence-electron chi connectivity index (χ4n) is 1.49. The van der Waals surface area contributed by atoms with Crippen molar-refractivity contribution in [2.45, 2.75) is 34.9 Å². The van der Waals surface area contributed by atoms with Crippen LogP contribution in [-0.4, -0.2) is 9.17 Å². The fraction of sp³-hybridized carbons (Fsp3) is 0.778. The average molecular weight is 262 g/mol. The minimum Gasteiger partial charge on any atom is -0.118 e. The third kappa shape index (κ3) is 3.87. The molecule has 0 N–H and O–H groups in total. The third-order valence-corrected chi connectivity index (χ3v) is 3.55. The Balaban J connectivity index is 2.69. The first-order valence-corrected chi connectivity index (χ1v) is 5.96. The van der Waals surface area contributed by atoms with E-state index in [2.05, 4.69) is 6.08 Å². The normalized spacial score (nSPS) is 33.5. The van der Waals surface area contributed by atoms with Gasteiger partial charge < -0.3 is 0 Å². The molecule has 0 spiro atoms. The molecular formula is C9H12Cl4. The van der Waals surface area contributed by atoms with Gasteiger partial charge in [0, 0.05) is 5.92 Å². The van der Waals surface area contributed by atoms with Crippen LogP contribution in [0, 0.1) is 5.92 Å². The molecule has 76 valence electrons. The van der Waals surface area contributed by atoms with Crippen molar-refractivity contribution in [2.75, 3.05) is 0 Å². The highest BCUT2D eigenvalue weighted by Gasteiger charge is 2.36. The largest absolute Gasteiger partial charge is 0.195 e. The van der Waals surface area contributed by atoms with Gasteiger partial charge in [0.1, 0.15) is 0 Å². The Morgan fingerprint density at radius 3 is 2.46 bits per heavy atom. The maximum absolute atomic E-state index is 6.10. The summed E-state index contributed by atoms with van der Waals surface area (Å²) < 4.78 is -1.24. The van der Waals surface area contributed by atoms with Crippen LogP contribution in [0.1, 0.15) is 25.7 Å². The zero-order chi connectivity index (χ0) is 9.90. The molecule has 2 atom stereocenters. The standard InChI is InChI=1S/C9H12Cl4/c10-8-6-4-2-1-3-5-7(8)9(11,12)13/h4,6-8H,1-3,5H2/b6-4-. The van der Waals surface area contributed by atoms with Gasteiger partial charge in [0.05, 0.1) is 5.38 Å². The molecule has 13 heavy (non-hydrogen) atoms. The highest BCUT2D eigenvalue weighted by Crippen LogP contribution is 2.42. The molecule has 0 radical (unpaired) electrons. The minimum absolute atomic E-state index is 0.0734. The van der Waals surface area contributed by atoms with E-state index in [1.165, 1.54) is 0 Å². The average Bonchev–Trinajstić information content (AvgIpc) is 1.94. The zero-order valence-electron chi connectivity index (χ0n) is 7.15. The minimum atomic E-state index is -1.24. The quantitative estimate of drug-likeness (QED) is 0.438. The van der Waals surface area contributed by atoms with Crippen LogP contribution in [0.3, 0.4) is 0 Å². The van der Waals surface area contributed by atoms with Crippen molar-refractivity contribution in [1.82, 2.24) is 0 Å². The summed E-state index contributed by atoms with van der Waals surface area (Å²) in [7, 11) is 0. The predicted molar refractivity (Wildman–Crippen MR) is 61.0 cm³/mol. The topological polar surface area (TPSA) is 0 Å². The molecule has 0 heterocycles. The van der Waals surface area contributed by atoms with E-state index in [0.717, 1.165) is 25.7 Å². The molecule has 1 aliphatic rings. The van der Waals surface area contributed by atoms with Crippen LogP contribution >= 0.6 is 46.4 Å². The fourth-order valence-corrected chi connectivity index (χ4v) is 2.84. The summed E-state index contributed by atoms with van der Waals surface area (Å²) in [5, 5.41) is -0.159. The Hall–Kier alpha value is 0.900. The van der Waals surface area contributed by atoms with Gasteiger partial charge >= 0.3 is 0 Å².